The monoisotopic (exact) mass is 272 g/mol. The van der Waals surface area contributed by atoms with E-state index in [-0.39, 0.29) is 12.1 Å². The maximum atomic E-state index is 11.4. The first kappa shape index (κ1) is 14.4. The first-order valence-corrected chi connectivity index (χ1v) is 6.88. The number of allylic oxidation sites excluding steroid dienone is 2. The molecule has 1 aromatic carbocycles. The molecular weight excluding hydrogens is 252 g/mol. The standard InChI is InChI=1S/C17H20O3/c1-12(2)20-15-8-6-14(7-9-15)5-4-13(3)16-10-11-19-17(16)18/h4-9,12H,10-11H2,1-3H3/b5-4-,16-13-. The molecule has 20 heavy (non-hydrogen) atoms. The van der Waals surface area contributed by atoms with E-state index in [1.54, 1.807) is 0 Å². The van der Waals surface area contributed by atoms with Gasteiger partial charge in [-0.2, -0.15) is 0 Å². The van der Waals surface area contributed by atoms with E-state index < -0.39 is 0 Å². The Hall–Kier alpha value is -2.03. The van der Waals surface area contributed by atoms with Gasteiger partial charge in [0.2, 0.25) is 0 Å². The highest BCUT2D eigenvalue weighted by Gasteiger charge is 2.19. The topological polar surface area (TPSA) is 35.5 Å². The van der Waals surface area contributed by atoms with Gasteiger partial charge in [-0.3, -0.25) is 0 Å². The molecule has 3 nitrogen and oxygen atoms in total. The SMILES string of the molecule is CC(/C=C\c1ccc(OC(C)C)cc1)=C1\CCOC1=O. The molecule has 0 aliphatic carbocycles. The number of ether oxygens (including phenoxy) is 2. The molecule has 1 aliphatic rings. The summed E-state index contributed by atoms with van der Waals surface area (Å²) in [7, 11) is 0. The summed E-state index contributed by atoms with van der Waals surface area (Å²) < 4.78 is 10.5. The minimum Gasteiger partial charge on any atom is -0.491 e. The number of esters is 1. The van der Waals surface area contributed by atoms with Crippen molar-refractivity contribution in [2.75, 3.05) is 6.61 Å². The highest BCUT2D eigenvalue weighted by molar-refractivity contribution is 5.91. The van der Waals surface area contributed by atoms with Crippen LogP contribution in [0.1, 0.15) is 32.8 Å². The molecular formula is C17H20O3. The number of carbonyl (C=O) groups is 1. The molecule has 0 spiro atoms. The third-order valence-electron chi connectivity index (χ3n) is 3.09. The third kappa shape index (κ3) is 3.73. The number of cyclic esters (lactones) is 1. The van der Waals surface area contributed by atoms with Gasteiger partial charge >= 0.3 is 5.97 Å². The van der Waals surface area contributed by atoms with E-state index in [1.165, 1.54) is 0 Å². The average molecular weight is 272 g/mol. The van der Waals surface area contributed by atoms with Crippen LogP contribution in [0.4, 0.5) is 0 Å². The first-order chi connectivity index (χ1) is 9.56. The van der Waals surface area contributed by atoms with E-state index >= 15 is 0 Å². The van der Waals surface area contributed by atoms with E-state index in [1.807, 2.05) is 57.2 Å². The Morgan fingerprint density at radius 2 is 2.00 bits per heavy atom. The van der Waals surface area contributed by atoms with Gasteiger partial charge < -0.3 is 9.47 Å². The van der Waals surface area contributed by atoms with Crippen LogP contribution in [-0.2, 0) is 9.53 Å². The van der Waals surface area contributed by atoms with Gasteiger partial charge in [0.25, 0.3) is 0 Å². The van der Waals surface area contributed by atoms with Crippen molar-refractivity contribution in [2.24, 2.45) is 0 Å². The second kappa shape index (κ2) is 6.42. The summed E-state index contributed by atoms with van der Waals surface area (Å²) in [5.74, 6) is 0.680. The largest absolute Gasteiger partial charge is 0.491 e. The van der Waals surface area contributed by atoms with E-state index in [2.05, 4.69) is 0 Å². The lowest BCUT2D eigenvalue weighted by atomic mass is 10.1. The summed E-state index contributed by atoms with van der Waals surface area (Å²) in [6.07, 6.45) is 4.83. The molecule has 1 saturated heterocycles. The first-order valence-electron chi connectivity index (χ1n) is 6.88. The molecule has 0 bridgehead atoms. The second-order valence-electron chi connectivity index (χ2n) is 5.12. The summed E-state index contributed by atoms with van der Waals surface area (Å²) in [5.41, 5.74) is 2.82. The Bertz CT molecular complexity index is 536. The quantitative estimate of drug-likeness (QED) is 0.618. The van der Waals surface area contributed by atoms with Gasteiger partial charge in [-0.05, 0) is 44.0 Å². The number of rotatable bonds is 4. The normalized spacial score (nSPS) is 17.7. The Morgan fingerprint density at radius 1 is 1.30 bits per heavy atom. The van der Waals surface area contributed by atoms with Gasteiger partial charge in [-0.25, -0.2) is 4.79 Å². The molecule has 1 aromatic rings. The molecule has 0 aromatic heterocycles. The zero-order valence-electron chi connectivity index (χ0n) is 12.2. The summed E-state index contributed by atoms with van der Waals surface area (Å²) in [6.45, 7) is 6.45. The lowest BCUT2D eigenvalue weighted by Crippen LogP contribution is -2.05. The van der Waals surface area contributed by atoms with Crippen LogP contribution in [-0.4, -0.2) is 18.7 Å². The number of benzene rings is 1. The van der Waals surface area contributed by atoms with Crippen molar-refractivity contribution in [3.8, 4) is 5.75 Å². The molecule has 1 heterocycles. The predicted molar refractivity (Wildman–Crippen MR) is 79.5 cm³/mol. The number of hydrogen-bond acceptors (Lipinski definition) is 3. The van der Waals surface area contributed by atoms with Crippen molar-refractivity contribution in [3.63, 3.8) is 0 Å². The fraction of sp³-hybridized carbons (Fsp3) is 0.353. The molecule has 1 aliphatic heterocycles. The molecule has 0 atom stereocenters. The van der Waals surface area contributed by atoms with Gasteiger partial charge in [0.15, 0.2) is 0 Å². The third-order valence-corrected chi connectivity index (χ3v) is 3.09. The van der Waals surface area contributed by atoms with Crippen LogP contribution < -0.4 is 4.74 Å². The Morgan fingerprint density at radius 3 is 2.55 bits per heavy atom. The van der Waals surface area contributed by atoms with E-state index in [0.717, 1.165) is 22.5 Å². The fourth-order valence-corrected chi connectivity index (χ4v) is 2.04. The minimum atomic E-state index is -0.187. The van der Waals surface area contributed by atoms with Crippen molar-refractivity contribution >= 4 is 12.0 Å². The van der Waals surface area contributed by atoms with Gasteiger partial charge in [0.1, 0.15) is 5.75 Å². The van der Waals surface area contributed by atoms with Gasteiger partial charge in [0.05, 0.1) is 12.7 Å². The lowest BCUT2D eigenvalue weighted by molar-refractivity contribution is -0.135. The molecule has 0 amide bonds. The molecule has 106 valence electrons. The Balaban J connectivity index is 2.06. The molecule has 2 rings (SSSR count). The predicted octanol–water partition coefficient (Wildman–Crippen LogP) is 3.75. The van der Waals surface area contributed by atoms with Crippen molar-refractivity contribution in [1.29, 1.82) is 0 Å². The van der Waals surface area contributed by atoms with Crippen LogP contribution in [0.25, 0.3) is 6.08 Å². The van der Waals surface area contributed by atoms with Crippen LogP contribution in [0, 0.1) is 0 Å². The minimum absolute atomic E-state index is 0.178. The van der Waals surface area contributed by atoms with Crippen LogP contribution in [0.3, 0.4) is 0 Å². The van der Waals surface area contributed by atoms with Crippen molar-refractivity contribution in [2.45, 2.75) is 33.3 Å². The van der Waals surface area contributed by atoms with E-state index in [0.29, 0.717) is 13.0 Å². The highest BCUT2D eigenvalue weighted by Crippen LogP contribution is 2.20. The Kier molecular flexibility index (Phi) is 4.61. The average Bonchev–Trinajstić information content (AvgIpc) is 2.83. The zero-order valence-corrected chi connectivity index (χ0v) is 12.2. The van der Waals surface area contributed by atoms with Crippen molar-refractivity contribution in [3.05, 3.63) is 47.1 Å². The number of hydrogen-bond donors (Lipinski definition) is 0. The second-order valence-corrected chi connectivity index (χ2v) is 5.12. The van der Waals surface area contributed by atoms with Gasteiger partial charge in [-0.1, -0.05) is 24.3 Å². The lowest BCUT2D eigenvalue weighted by Gasteiger charge is -2.09. The number of carbonyl (C=O) groups excluding carboxylic acids is 1. The van der Waals surface area contributed by atoms with Gasteiger partial charge in [-0.15, -0.1) is 0 Å². The molecule has 0 radical (unpaired) electrons. The van der Waals surface area contributed by atoms with Crippen molar-refractivity contribution < 1.29 is 14.3 Å². The van der Waals surface area contributed by atoms with E-state index in [9.17, 15) is 4.79 Å². The van der Waals surface area contributed by atoms with Crippen molar-refractivity contribution in [1.82, 2.24) is 0 Å². The summed E-state index contributed by atoms with van der Waals surface area (Å²) in [6, 6.07) is 7.90. The smallest absolute Gasteiger partial charge is 0.334 e. The zero-order chi connectivity index (χ0) is 14.5. The Labute approximate surface area is 119 Å². The van der Waals surface area contributed by atoms with E-state index in [4.69, 9.17) is 9.47 Å². The molecule has 1 fully saturated rings. The van der Waals surface area contributed by atoms with Crippen LogP contribution in [0.5, 0.6) is 5.75 Å². The van der Waals surface area contributed by atoms with Gasteiger partial charge in [0, 0.05) is 12.0 Å². The maximum Gasteiger partial charge on any atom is 0.334 e. The fourth-order valence-electron chi connectivity index (χ4n) is 2.04. The van der Waals surface area contributed by atoms with Crippen LogP contribution in [0.2, 0.25) is 0 Å². The van der Waals surface area contributed by atoms with Crippen LogP contribution in [0.15, 0.2) is 41.5 Å². The molecule has 0 unspecified atom stereocenters. The summed E-state index contributed by atoms with van der Waals surface area (Å²) >= 11 is 0. The molecule has 0 saturated carbocycles. The molecule has 0 N–H and O–H groups in total. The highest BCUT2D eigenvalue weighted by atomic mass is 16.5. The summed E-state index contributed by atoms with van der Waals surface area (Å²) in [4.78, 5) is 11.4. The van der Waals surface area contributed by atoms with Crippen LogP contribution >= 0.6 is 0 Å². The summed E-state index contributed by atoms with van der Waals surface area (Å²) in [5, 5.41) is 0. The molecule has 3 heteroatoms. The maximum absolute atomic E-state index is 11.4.